The lowest BCUT2D eigenvalue weighted by Crippen LogP contribution is -2.40. The number of amides is 2. The van der Waals surface area contributed by atoms with Crippen molar-refractivity contribution in [3.05, 3.63) is 18.0 Å². The van der Waals surface area contributed by atoms with E-state index in [-0.39, 0.29) is 18.4 Å². The molecule has 0 spiro atoms. The highest BCUT2D eigenvalue weighted by Gasteiger charge is 2.20. The summed E-state index contributed by atoms with van der Waals surface area (Å²) in [5.41, 5.74) is 6.06. The van der Waals surface area contributed by atoms with Crippen LogP contribution in [0.1, 0.15) is 38.3 Å². The van der Waals surface area contributed by atoms with E-state index in [0.29, 0.717) is 24.4 Å². The second kappa shape index (κ2) is 11.3. The molecule has 1 aromatic heterocycles. The van der Waals surface area contributed by atoms with Gasteiger partial charge >= 0.3 is 0 Å². The fourth-order valence-electron chi connectivity index (χ4n) is 2.30. The molecule has 0 saturated heterocycles. The first-order valence-corrected chi connectivity index (χ1v) is 8.39. The quantitative estimate of drug-likeness (QED) is 0.223. The minimum absolute atomic E-state index is 0.0533. The monoisotopic (exact) mass is 352 g/mol. The van der Waals surface area contributed by atoms with Crippen molar-refractivity contribution >= 4 is 18.3 Å². The van der Waals surface area contributed by atoms with E-state index in [1.54, 1.807) is 12.3 Å². The van der Waals surface area contributed by atoms with E-state index in [1.807, 2.05) is 19.0 Å². The first kappa shape index (κ1) is 20.8. The molecule has 0 aliphatic carbocycles. The van der Waals surface area contributed by atoms with Gasteiger partial charge in [0.1, 0.15) is 0 Å². The first-order chi connectivity index (χ1) is 12.0. The zero-order chi connectivity index (χ0) is 18.7. The molecule has 3 N–H and O–H groups in total. The summed E-state index contributed by atoms with van der Waals surface area (Å²) in [6, 6.07) is 1.80. The Balaban J connectivity index is 2.61. The van der Waals surface area contributed by atoms with Crippen molar-refractivity contribution in [3.63, 3.8) is 0 Å². The molecule has 0 radical (unpaired) electrons. The average molecular weight is 352 g/mol. The van der Waals surface area contributed by atoms with E-state index in [2.05, 4.69) is 27.7 Å². The zero-order valence-corrected chi connectivity index (χ0v) is 15.1. The fraction of sp³-hybridized carbons (Fsp3) is 0.625. The summed E-state index contributed by atoms with van der Waals surface area (Å²) in [6.45, 7) is 2.67. The Labute approximate surface area is 148 Å². The topological polar surface area (TPSA) is 111 Å². The summed E-state index contributed by atoms with van der Waals surface area (Å²) in [7, 11) is 3.87. The average Bonchev–Trinajstić information content (AvgIpc) is 2.58. The van der Waals surface area contributed by atoms with E-state index in [4.69, 9.17) is 0 Å². The predicted octanol–water partition coefficient (Wildman–Crippen LogP) is 1.03. The molecule has 2 amide bonds. The Hall–Kier alpha value is -2.26. The predicted molar refractivity (Wildman–Crippen MR) is 93.4 cm³/mol. The van der Waals surface area contributed by atoms with E-state index in [0.717, 1.165) is 25.0 Å². The van der Waals surface area contributed by atoms with Crippen molar-refractivity contribution in [1.29, 1.82) is 0 Å². The lowest BCUT2D eigenvalue weighted by molar-refractivity contribution is -0.154. The molecule has 140 valence electrons. The second-order valence-electron chi connectivity index (χ2n) is 6.14. The Kier molecular flexibility index (Phi) is 9.41. The Morgan fingerprint density at radius 2 is 2.16 bits per heavy atom. The molecule has 1 heterocycles. The van der Waals surface area contributed by atoms with Gasteiger partial charge in [-0.2, -0.15) is 0 Å². The highest BCUT2D eigenvalue weighted by molar-refractivity contribution is 5.80. The minimum Gasteiger partial charge on any atom is -0.304 e. The summed E-state index contributed by atoms with van der Waals surface area (Å²) in [6.07, 6.45) is 5.33. The van der Waals surface area contributed by atoms with E-state index in [9.17, 15) is 14.8 Å². The molecular weight excluding hydrogens is 324 g/mol. The number of anilines is 1. The van der Waals surface area contributed by atoms with Gasteiger partial charge in [0.25, 0.3) is 0 Å². The summed E-state index contributed by atoms with van der Waals surface area (Å²) in [5.74, 6) is -0.547. The van der Waals surface area contributed by atoms with Gasteiger partial charge in [0.2, 0.25) is 18.3 Å². The molecule has 9 heteroatoms. The molecule has 0 saturated carbocycles. The summed E-state index contributed by atoms with van der Waals surface area (Å²) >= 11 is 0. The Morgan fingerprint density at radius 3 is 2.80 bits per heavy atom. The van der Waals surface area contributed by atoms with Crippen LogP contribution in [-0.2, 0) is 16.1 Å². The standard InChI is InChI=1S/C16H28N6O3/c1-4-5-6-7-13(10-22(25)12-23)15(24)19-20-16-17-9-8-14(18-16)11-21(2)3/h8-9,12-13,25H,4-7,10-11H2,1-3H3,(H,19,24)(H,17,18,20)/t13-/m1/s1. The number of hydrazine groups is 1. The minimum atomic E-state index is -0.515. The Morgan fingerprint density at radius 1 is 1.40 bits per heavy atom. The van der Waals surface area contributed by atoms with Crippen LogP contribution in [0.5, 0.6) is 0 Å². The molecular formula is C16H28N6O3. The van der Waals surface area contributed by atoms with Crippen LogP contribution in [0.15, 0.2) is 12.3 Å². The Bertz CT molecular complexity index is 540. The van der Waals surface area contributed by atoms with Crippen LogP contribution in [0.25, 0.3) is 0 Å². The number of hydrogen-bond acceptors (Lipinski definition) is 7. The molecule has 1 aromatic rings. The van der Waals surface area contributed by atoms with Crippen molar-refractivity contribution in [1.82, 2.24) is 25.4 Å². The zero-order valence-electron chi connectivity index (χ0n) is 15.1. The first-order valence-electron chi connectivity index (χ1n) is 8.39. The van der Waals surface area contributed by atoms with Crippen molar-refractivity contribution in [3.8, 4) is 0 Å². The highest BCUT2D eigenvalue weighted by atomic mass is 16.5. The van der Waals surface area contributed by atoms with Crippen molar-refractivity contribution in [2.24, 2.45) is 5.92 Å². The molecule has 0 aliphatic rings. The normalized spacial score (nSPS) is 11.9. The molecule has 25 heavy (non-hydrogen) atoms. The SMILES string of the molecule is CCCCC[C@H](CN(O)C=O)C(=O)NNc1nccc(CN(C)C)n1. The third-order valence-corrected chi connectivity index (χ3v) is 3.55. The van der Waals surface area contributed by atoms with Crippen molar-refractivity contribution in [2.45, 2.75) is 39.2 Å². The maximum absolute atomic E-state index is 12.3. The van der Waals surface area contributed by atoms with Crippen LogP contribution in [0, 0.1) is 5.92 Å². The van der Waals surface area contributed by atoms with Crippen LogP contribution < -0.4 is 10.9 Å². The summed E-state index contributed by atoms with van der Waals surface area (Å²) < 4.78 is 0. The van der Waals surface area contributed by atoms with Gasteiger partial charge in [0, 0.05) is 12.7 Å². The third-order valence-electron chi connectivity index (χ3n) is 3.55. The van der Waals surface area contributed by atoms with E-state index >= 15 is 0 Å². The lowest BCUT2D eigenvalue weighted by Gasteiger charge is -2.19. The van der Waals surface area contributed by atoms with Crippen LogP contribution >= 0.6 is 0 Å². The van der Waals surface area contributed by atoms with Gasteiger partial charge in [-0.15, -0.1) is 0 Å². The molecule has 0 unspecified atom stereocenters. The van der Waals surface area contributed by atoms with Crippen LogP contribution in [0.2, 0.25) is 0 Å². The number of carbonyl (C=O) groups is 2. The molecule has 0 aliphatic heterocycles. The van der Waals surface area contributed by atoms with Gasteiger partial charge in [0.15, 0.2) is 0 Å². The smallest absolute Gasteiger partial charge is 0.243 e. The van der Waals surface area contributed by atoms with Gasteiger partial charge < -0.3 is 4.90 Å². The fourth-order valence-corrected chi connectivity index (χ4v) is 2.30. The number of hydrogen-bond donors (Lipinski definition) is 3. The lowest BCUT2D eigenvalue weighted by atomic mass is 10.0. The molecule has 0 bridgehead atoms. The number of aromatic nitrogens is 2. The van der Waals surface area contributed by atoms with E-state index < -0.39 is 5.92 Å². The number of rotatable bonds is 12. The maximum Gasteiger partial charge on any atom is 0.243 e. The summed E-state index contributed by atoms with van der Waals surface area (Å²) in [5, 5.41) is 9.87. The van der Waals surface area contributed by atoms with Gasteiger partial charge in [-0.3, -0.25) is 25.6 Å². The maximum atomic E-state index is 12.3. The number of carbonyl (C=O) groups excluding carboxylic acids is 2. The number of unbranched alkanes of at least 4 members (excludes halogenated alkanes) is 2. The second-order valence-corrected chi connectivity index (χ2v) is 6.14. The summed E-state index contributed by atoms with van der Waals surface area (Å²) in [4.78, 5) is 33.3. The van der Waals surface area contributed by atoms with Gasteiger partial charge in [-0.25, -0.2) is 15.0 Å². The van der Waals surface area contributed by atoms with Gasteiger partial charge in [-0.05, 0) is 26.6 Å². The number of nitrogens with one attached hydrogen (secondary N) is 2. The van der Waals surface area contributed by atoms with Gasteiger partial charge in [0.05, 0.1) is 18.2 Å². The van der Waals surface area contributed by atoms with E-state index in [1.165, 1.54) is 0 Å². The number of nitrogens with zero attached hydrogens (tertiary/aromatic N) is 4. The molecule has 1 atom stereocenters. The number of hydroxylamine groups is 2. The molecule has 0 fully saturated rings. The van der Waals surface area contributed by atoms with Crippen LogP contribution in [-0.4, -0.2) is 58.1 Å². The third kappa shape index (κ3) is 8.41. The largest absolute Gasteiger partial charge is 0.304 e. The molecule has 9 nitrogen and oxygen atoms in total. The van der Waals surface area contributed by atoms with Crippen LogP contribution in [0.3, 0.4) is 0 Å². The van der Waals surface area contributed by atoms with Crippen LogP contribution in [0.4, 0.5) is 5.95 Å². The molecule has 1 rings (SSSR count). The van der Waals surface area contributed by atoms with Crippen molar-refractivity contribution < 1.29 is 14.8 Å². The molecule has 0 aromatic carbocycles. The highest BCUT2D eigenvalue weighted by Crippen LogP contribution is 2.11. The van der Waals surface area contributed by atoms with Crippen molar-refractivity contribution in [2.75, 3.05) is 26.1 Å². The van der Waals surface area contributed by atoms with Gasteiger partial charge in [-0.1, -0.05) is 26.2 Å².